The van der Waals surface area contributed by atoms with Crippen LogP contribution in [0, 0.1) is 23.4 Å². The first-order valence-corrected chi connectivity index (χ1v) is 8.30. The average Bonchev–Trinajstić information content (AvgIpc) is 2.78. The normalized spacial score (nSPS) is 21.9. The maximum Gasteiger partial charge on any atom is 0.195 e. The quantitative estimate of drug-likeness (QED) is 0.440. The van der Waals surface area contributed by atoms with Gasteiger partial charge in [0.25, 0.3) is 0 Å². The average molecular weight is 318 g/mol. The molecule has 0 heterocycles. The van der Waals surface area contributed by atoms with Crippen molar-refractivity contribution in [2.24, 2.45) is 5.92 Å². The van der Waals surface area contributed by atoms with Gasteiger partial charge in [0.15, 0.2) is 17.5 Å². The highest BCUT2D eigenvalue weighted by Gasteiger charge is 2.19. The number of hydrogen-bond donors (Lipinski definition) is 0. The van der Waals surface area contributed by atoms with Crippen molar-refractivity contribution in [1.29, 1.82) is 0 Å². The van der Waals surface area contributed by atoms with Crippen molar-refractivity contribution in [1.82, 2.24) is 0 Å². The highest BCUT2D eigenvalue weighted by molar-refractivity contribution is 5.64. The Hall–Kier alpha value is -1.77. The summed E-state index contributed by atoms with van der Waals surface area (Å²) in [7, 11) is 0. The van der Waals surface area contributed by atoms with Crippen molar-refractivity contribution in [2.45, 2.75) is 44.9 Å². The Bertz CT molecular complexity index is 676. The molecule has 0 bridgehead atoms. The predicted octanol–water partition coefficient (Wildman–Crippen LogP) is 6.45. The highest BCUT2D eigenvalue weighted by Crippen LogP contribution is 2.35. The summed E-state index contributed by atoms with van der Waals surface area (Å²) in [5.74, 6) is -2.36. The molecule has 0 nitrogen and oxygen atoms in total. The fourth-order valence-electron chi connectivity index (χ4n) is 3.50. The Morgan fingerprint density at radius 2 is 1.52 bits per heavy atom. The van der Waals surface area contributed by atoms with Crippen molar-refractivity contribution in [3.8, 4) is 11.1 Å². The maximum absolute atomic E-state index is 13.9. The molecule has 0 spiro atoms. The van der Waals surface area contributed by atoms with Crippen molar-refractivity contribution < 1.29 is 13.2 Å². The first kappa shape index (κ1) is 16.1. The number of halogens is 3. The topological polar surface area (TPSA) is 0 Å². The van der Waals surface area contributed by atoms with E-state index in [1.165, 1.54) is 43.7 Å². The van der Waals surface area contributed by atoms with E-state index in [-0.39, 0.29) is 5.56 Å². The molecule has 0 saturated heterocycles. The molecule has 0 aromatic heterocycles. The summed E-state index contributed by atoms with van der Waals surface area (Å²) in [4.78, 5) is 0. The zero-order chi connectivity index (χ0) is 16.4. The molecule has 1 fully saturated rings. The monoisotopic (exact) mass is 318 g/mol. The molecule has 23 heavy (non-hydrogen) atoms. The lowest BCUT2D eigenvalue weighted by Crippen LogP contribution is -1.98. The summed E-state index contributed by atoms with van der Waals surface area (Å²) in [6, 6.07) is 9.86. The van der Waals surface area contributed by atoms with Gasteiger partial charge in [-0.15, -0.1) is 0 Å². The van der Waals surface area contributed by atoms with E-state index in [1.54, 1.807) is 12.1 Å². The summed E-state index contributed by atoms with van der Waals surface area (Å²) in [5.41, 5.74) is 1.93. The highest BCUT2D eigenvalue weighted by atomic mass is 19.2. The third kappa shape index (κ3) is 3.44. The lowest BCUT2D eigenvalue weighted by atomic mass is 9.90. The van der Waals surface area contributed by atoms with Crippen LogP contribution in [-0.2, 0) is 0 Å². The number of hydrogen-bond acceptors (Lipinski definition) is 0. The zero-order valence-electron chi connectivity index (χ0n) is 13.3. The van der Waals surface area contributed by atoms with Gasteiger partial charge in [-0.2, -0.15) is 0 Å². The van der Waals surface area contributed by atoms with Crippen LogP contribution in [0.2, 0.25) is 0 Å². The molecule has 122 valence electrons. The van der Waals surface area contributed by atoms with Gasteiger partial charge in [0, 0.05) is 5.56 Å². The summed E-state index contributed by atoms with van der Waals surface area (Å²) in [6.07, 6.45) is 6.13. The Labute approximate surface area is 135 Å². The van der Waals surface area contributed by atoms with Gasteiger partial charge in [0.1, 0.15) is 0 Å². The SMILES string of the molecule is CC1CCCC(c2ccc(-c3ccc(F)c(F)c3F)cc2)CC1. The minimum atomic E-state index is -1.41. The van der Waals surface area contributed by atoms with E-state index in [0.29, 0.717) is 11.5 Å². The standard InChI is InChI=1S/C20H21F3/c1-13-3-2-4-14(6-5-13)15-7-9-16(10-8-15)17-11-12-18(21)20(23)19(17)22/h7-14H,2-6H2,1H3. The lowest BCUT2D eigenvalue weighted by molar-refractivity contribution is 0.449. The Morgan fingerprint density at radius 1 is 0.783 bits per heavy atom. The van der Waals surface area contributed by atoms with Crippen molar-refractivity contribution in [3.63, 3.8) is 0 Å². The minimum Gasteiger partial charge on any atom is -0.204 e. The van der Waals surface area contributed by atoms with Gasteiger partial charge in [-0.3, -0.25) is 0 Å². The lowest BCUT2D eigenvalue weighted by Gasteiger charge is -2.15. The van der Waals surface area contributed by atoms with Crippen LogP contribution in [0.5, 0.6) is 0 Å². The van der Waals surface area contributed by atoms with Crippen LogP contribution >= 0.6 is 0 Å². The first-order chi connectivity index (χ1) is 11.1. The van der Waals surface area contributed by atoms with Gasteiger partial charge in [-0.1, -0.05) is 50.5 Å². The third-order valence-corrected chi connectivity index (χ3v) is 4.99. The van der Waals surface area contributed by atoms with Crippen molar-refractivity contribution in [2.75, 3.05) is 0 Å². The molecule has 2 unspecified atom stereocenters. The molecule has 3 rings (SSSR count). The Kier molecular flexibility index (Phi) is 4.74. The van der Waals surface area contributed by atoms with E-state index < -0.39 is 17.5 Å². The van der Waals surface area contributed by atoms with Gasteiger partial charge < -0.3 is 0 Å². The molecule has 2 aromatic rings. The van der Waals surface area contributed by atoms with Crippen LogP contribution in [0.3, 0.4) is 0 Å². The van der Waals surface area contributed by atoms with Crippen LogP contribution in [0.1, 0.15) is 50.5 Å². The van der Waals surface area contributed by atoms with Crippen LogP contribution < -0.4 is 0 Å². The Morgan fingerprint density at radius 3 is 2.26 bits per heavy atom. The molecule has 1 aliphatic carbocycles. The summed E-state index contributed by atoms with van der Waals surface area (Å²) in [5, 5.41) is 0. The van der Waals surface area contributed by atoms with E-state index in [9.17, 15) is 13.2 Å². The molecule has 0 radical (unpaired) electrons. The number of rotatable bonds is 2. The van der Waals surface area contributed by atoms with Gasteiger partial charge >= 0.3 is 0 Å². The summed E-state index contributed by atoms with van der Waals surface area (Å²) < 4.78 is 40.3. The molecule has 0 aliphatic heterocycles. The van der Waals surface area contributed by atoms with Gasteiger partial charge in [0.05, 0.1) is 0 Å². The number of benzene rings is 2. The minimum absolute atomic E-state index is 0.102. The molecule has 0 amide bonds. The molecule has 1 saturated carbocycles. The molecule has 3 heteroatoms. The molecule has 1 aliphatic rings. The van der Waals surface area contributed by atoms with Crippen LogP contribution in [-0.4, -0.2) is 0 Å². The van der Waals surface area contributed by atoms with Gasteiger partial charge in [-0.25, -0.2) is 13.2 Å². The van der Waals surface area contributed by atoms with Gasteiger partial charge in [0.2, 0.25) is 0 Å². The van der Waals surface area contributed by atoms with E-state index in [4.69, 9.17) is 0 Å². The largest absolute Gasteiger partial charge is 0.204 e. The van der Waals surface area contributed by atoms with E-state index >= 15 is 0 Å². The first-order valence-electron chi connectivity index (χ1n) is 8.30. The summed E-state index contributed by atoms with van der Waals surface area (Å²) in [6.45, 7) is 2.30. The van der Waals surface area contributed by atoms with E-state index in [2.05, 4.69) is 6.92 Å². The smallest absolute Gasteiger partial charge is 0.195 e. The van der Waals surface area contributed by atoms with Crippen molar-refractivity contribution >= 4 is 0 Å². The van der Waals surface area contributed by atoms with Crippen LogP contribution in [0.25, 0.3) is 11.1 Å². The second-order valence-electron chi connectivity index (χ2n) is 6.66. The fourth-order valence-corrected chi connectivity index (χ4v) is 3.50. The molecule has 2 aromatic carbocycles. The van der Waals surface area contributed by atoms with Crippen LogP contribution in [0.4, 0.5) is 13.2 Å². The molecule has 2 atom stereocenters. The van der Waals surface area contributed by atoms with Crippen LogP contribution in [0.15, 0.2) is 36.4 Å². The van der Waals surface area contributed by atoms with Crippen molar-refractivity contribution in [3.05, 3.63) is 59.4 Å². The fraction of sp³-hybridized carbons (Fsp3) is 0.400. The van der Waals surface area contributed by atoms with Gasteiger partial charge in [-0.05, 0) is 47.9 Å². The maximum atomic E-state index is 13.9. The molecular weight excluding hydrogens is 297 g/mol. The second kappa shape index (κ2) is 6.77. The Balaban J connectivity index is 1.84. The van der Waals surface area contributed by atoms with E-state index in [1.807, 2.05) is 12.1 Å². The second-order valence-corrected chi connectivity index (χ2v) is 6.66. The third-order valence-electron chi connectivity index (χ3n) is 4.99. The molecular formula is C20H21F3. The summed E-state index contributed by atoms with van der Waals surface area (Å²) >= 11 is 0. The van der Waals surface area contributed by atoms with E-state index in [0.717, 1.165) is 12.0 Å². The molecule has 0 N–H and O–H groups in total. The zero-order valence-corrected chi connectivity index (χ0v) is 13.3. The predicted molar refractivity (Wildman–Crippen MR) is 86.7 cm³/mol.